The van der Waals surface area contributed by atoms with Crippen LogP contribution in [0, 0.1) is 0 Å². The summed E-state index contributed by atoms with van der Waals surface area (Å²) < 4.78 is 17.1. The second-order valence-electron chi connectivity index (χ2n) is 6.27. The van der Waals surface area contributed by atoms with Crippen molar-refractivity contribution in [2.24, 2.45) is 5.16 Å². The lowest BCUT2D eigenvalue weighted by molar-refractivity contribution is -0.161. The van der Waals surface area contributed by atoms with Crippen LogP contribution in [0.3, 0.4) is 0 Å². The number of carboxylic acids is 1. The van der Waals surface area contributed by atoms with Gasteiger partial charge in [0.2, 0.25) is 5.60 Å². The van der Waals surface area contributed by atoms with E-state index in [1.54, 1.807) is 0 Å². The monoisotopic (exact) mass is 449 g/mol. The number of carbonyl (C=O) groups is 3. The molecule has 2 amide bonds. The molecule has 160 valence electrons. The fourth-order valence-corrected chi connectivity index (χ4v) is 3.79. The lowest BCUT2D eigenvalue weighted by atomic mass is 10.1. The number of aliphatic carboxylic acids is 1. The van der Waals surface area contributed by atoms with E-state index in [4.69, 9.17) is 15.7 Å². The minimum Gasteiger partial charge on any atom is -0.478 e. The zero-order valence-electron chi connectivity index (χ0n) is 15.7. The molecule has 0 radical (unpaired) electrons. The quantitative estimate of drug-likeness (QED) is 0.169. The number of thiazole rings is 1. The van der Waals surface area contributed by atoms with E-state index in [2.05, 4.69) is 20.0 Å². The molecule has 2 heterocycles. The molecule has 1 aliphatic heterocycles. The number of amides is 2. The molecule has 1 fully saturated rings. The molecule has 0 aromatic carbocycles. The van der Waals surface area contributed by atoms with E-state index >= 15 is 0 Å². The Morgan fingerprint density at radius 1 is 1.55 bits per heavy atom. The molecule has 1 saturated heterocycles. The van der Waals surface area contributed by atoms with Gasteiger partial charge in [-0.15, -0.1) is 11.3 Å². The molecule has 0 bridgehead atoms. The molecule has 0 spiro atoms. The minimum atomic E-state index is -4.27. The van der Waals surface area contributed by atoms with Crippen LogP contribution in [0.1, 0.15) is 26.5 Å². The van der Waals surface area contributed by atoms with Crippen molar-refractivity contribution < 1.29 is 38.3 Å². The smallest absolute Gasteiger partial charge is 0.435 e. The van der Waals surface area contributed by atoms with Gasteiger partial charge in [0.25, 0.3) is 11.8 Å². The average molecular weight is 449 g/mol. The molecule has 1 unspecified atom stereocenters. The van der Waals surface area contributed by atoms with E-state index in [0.717, 1.165) is 11.3 Å². The number of nitrogens with two attached hydrogens (primary N) is 1. The molecular weight excluding hydrogens is 429 g/mol. The summed E-state index contributed by atoms with van der Waals surface area (Å²) in [6, 6.07) is -1.10. The number of oxime groups is 1. The first-order valence-electron chi connectivity index (χ1n) is 8.20. The molecule has 15 heteroatoms. The normalized spacial score (nSPS) is 19.3. The first-order chi connectivity index (χ1) is 13.4. The van der Waals surface area contributed by atoms with Gasteiger partial charge >= 0.3 is 13.7 Å². The van der Waals surface area contributed by atoms with Crippen LogP contribution < -0.4 is 11.1 Å². The van der Waals surface area contributed by atoms with Crippen LogP contribution in [0.25, 0.3) is 0 Å². The van der Waals surface area contributed by atoms with Crippen LogP contribution in [-0.2, 0) is 28.3 Å². The van der Waals surface area contributed by atoms with E-state index in [1.807, 2.05) is 0 Å². The van der Waals surface area contributed by atoms with E-state index in [0.29, 0.717) is 4.67 Å². The van der Waals surface area contributed by atoms with Crippen LogP contribution in [0.5, 0.6) is 0 Å². The lowest BCUT2D eigenvalue weighted by Gasteiger charge is -2.39. The number of carboxylic acid groups (broad SMARTS) is 1. The van der Waals surface area contributed by atoms with E-state index in [1.165, 1.54) is 26.2 Å². The number of nitrogens with one attached hydrogen (secondary N) is 1. The maximum Gasteiger partial charge on any atom is 0.435 e. The number of hydrogen-bond donors (Lipinski definition) is 4. The Bertz CT molecular complexity index is 900. The van der Waals surface area contributed by atoms with Gasteiger partial charge < -0.3 is 25.9 Å². The van der Waals surface area contributed by atoms with Gasteiger partial charge in [-0.1, -0.05) is 5.16 Å². The molecule has 1 aliphatic rings. The van der Waals surface area contributed by atoms with Gasteiger partial charge in [-0.3, -0.25) is 14.1 Å². The Morgan fingerprint density at radius 3 is 2.69 bits per heavy atom. The minimum absolute atomic E-state index is 0.0111. The molecule has 2 rings (SSSR count). The molecule has 0 aliphatic carbocycles. The van der Waals surface area contributed by atoms with Gasteiger partial charge in [0.1, 0.15) is 11.7 Å². The fourth-order valence-electron chi connectivity index (χ4n) is 2.01. The SMILES string of the molecule is CCOP(=O)(O)N1C[C@H](NC(=O)C(=NOC(C)(C)C(=O)O)c2csc(N)n2)C1=O. The molecule has 1 aromatic rings. The molecule has 29 heavy (non-hydrogen) atoms. The number of β-lactam (4-membered cyclic amide) rings is 1. The number of rotatable bonds is 9. The third kappa shape index (κ3) is 5.09. The van der Waals surface area contributed by atoms with Gasteiger partial charge in [0.05, 0.1) is 13.2 Å². The number of hydrogen-bond acceptors (Lipinski definition) is 10. The maximum atomic E-state index is 12.6. The van der Waals surface area contributed by atoms with Gasteiger partial charge in [-0.25, -0.2) is 19.0 Å². The van der Waals surface area contributed by atoms with Gasteiger partial charge in [-0.2, -0.15) is 0 Å². The number of anilines is 1. The van der Waals surface area contributed by atoms with Crippen LogP contribution in [0.2, 0.25) is 0 Å². The van der Waals surface area contributed by atoms with Gasteiger partial charge in [0, 0.05) is 5.38 Å². The Morgan fingerprint density at radius 2 is 2.21 bits per heavy atom. The Labute approximate surface area is 169 Å². The first kappa shape index (κ1) is 22.7. The summed E-state index contributed by atoms with van der Waals surface area (Å²) in [5, 5.41) is 16.6. The molecule has 2 atom stereocenters. The van der Waals surface area contributed by atoms with Crippen molar-refractivity contribution in [1.82, 2.24) is 15.0 Å². The zero-order chi connectivity index (χ0) is 22.0. The van der Waals surface area contributed by atoms with Gasteiger partial charge in [-0.05, 0) is 20.8 Å². The number of carbonyl (C=O) groups excluding carboxylic acids is 2. The topological polar surface area (TPSA) is 194 Å². The third-order valence-corrected chi connectivity index (χ3v) is 5.91. The highest BCUT2D eigenvalue weighted by atomic mass is 32.1. The summed E-state index contributed by atoms with van der Waals surface area (Å²) in [6.45, 7) is 3.61. The highest BCUT2D eigenvalue weighted by molar-refractivity contribution is 7.51. The van der Waals surface area contributed by atoms with Crippen LogP contribution in [0.15, 0.2) is 10.5 Å². The predicted molar refractivity (Wildman–Crippen MR) is 101 cm³/mol. The molecule has 1 aromatic heterocycles. The Balaban J connectivity index is 2.16. The number of nitrogen functional groups attached to an aromatic ring is 1. The van der Waals surface area contributed by atoms with Crippen molar-refractivity contribution in [1.29, 1.82) is 0 Å². The second kappa shape index (κ2) is 8.45. The van der Waals surface area contributed by atoms with Gasteiger partial charge in [0.15, 0.2) is 10.8 Å². The summed E-state index contributed by atoms with van der Waals surface area (Å²) in [7, 11) is -4.27. The largest absolute Gasteiger partial charge is 0.478 e. The highest BCUT2D eigenvalue weighted by Crippen LogP contribution is 2.49. The molecule has 0 saturated carbocycles. The summed E-state index contributed by atoms with van der Waals surface area (Å²) in [4.78, 5) is 54.4. The molecular formula is C14H20N5O8PS. The van der Waals surface area contributed by atoms with Crippen molar-refractivity contribution in [3.05, 3.63) is 11.1 Å². The van der Waals surface area contributed by atoms with E-state index in [-0.39, 0.29) is 24.0 Å². The third-order valence-electron chi connectivity index (χ3n) is 3.68. The summed E-state index contributed by atoms with van der Waals surface area (Å²) in [6.07, 6.45) is 0. The fraction of sp³-hybridized carbons (Fsp3) is 0.500. The summed E-state index contributed by atoms with van der Waals surface area (Å²) in [5.74, 6) is -3.04. The van der Waals surface area contributed by atoms with Crippen molar-refractivity contribution >= 4 is 47.7 Å². The van der Waals surface area contributed by atoms with Crippen LogP contribution >= 0.6 is 19.1 Å². The Hall–Kier alpha value is -2.54. The van der Waals surface area contributed by atoms with Crippen LogP contribution in [-0.4, -0.2) is 67.9 Å². The van der Waals surface area contributed by atoms with E-state index in [9.17, 15) is 23.8 Å². The summed E-state index contributed by atoms with van der Waals surface area (Å²) in [5.41, 5.74) is 3.42. The van der Waals surface area contributed by atoms with Crippen molar-refractivity contribution in [2.45, 2.75) is 32.4 Å². The first-order valence-corrected chi connectivity index (χ1v) is 10.6. The molecule has 5 N–H and O–H groups in total. The zero-order valence-corrected chi connectivity index (χ0v) is 17.4. The number of nitrogens with zero attached hydrogens (tertiary/aromatic N) is 3. The van der Waals surface area contributed by atoms with Crippen molar-refractivity contribution in [3.63, 3.8) is 0 Å². The number of aromatic nitrogens is 1. The van der Waals surface area contributed by atoms with Crippen molar-refractivity contribution in [3.8, 4) is 0 Å². The molecule has 13 nitrogen and oxygen atoms in total. The van der Waals surface area contributed by atoms with E-state index < -0.39 is 42.9 Å². The standard InChI is InChI=1S/C14H20N5O8PS/c1-4-26-28(24,25)19-5-7(11(19)21)16-10(20)9(8-6-29-13(15)17-8)18-27-14(2,3)12(22)23/h6-7H,4-5H2,1-3H3,(H2,15,17)(H,16,20)(H,22,23)(H,24,25)/t7-/m0/s1. The van der Waals surface area contributed by atoms with Crippen molar-refractivity contribution in [2.75, 3.05) is 18.9 Å². The Kier molecular flexibility index (Phi) is 6.63. The average Bonchev–Trinajstić information content (AvgIpc) is 3.03. The predicted octanol–water partition coefficient (Wildman–Crippen LogP) is -0.227. The maximum absolute atomic E-state index is 12.6. The van der Waals surface area contributed by atoms with Crippen LogP contribution in [0.4, 0.5) is 5.13 Å². The summed E-state index contributed by atoms with van der Waals surface area (Å²) >= 11 is 1.01. The highest BCUT2D eigenvalue weighted by Gasteiger charge is 2.48. The second-order valence-corrected chi connectivity index (χ2v) is 8.88. The lowest BCUT2D eigenvalue weighted by Crippen LogP contribution is -2.63.